The van der Waals surface area contributed by atoms with Crippen LogP contribution in [0.5, 0.6) is 0 Å². The number of aliphatic hydroxyl groups excluding tert-OH is 1. The van der Waals surface area contributed by atoms with Crippen LogP contribution in [-0.4, -0.2) is 34.7 Å². The fourth-order valence-corrected chi connectivity index (χ4v) is 3.07. The molecule has 0 aliphatic heterocycles. The molecule has 94 valence electrons. The minimum atomic E-state index is -0.0736. The number of nitrogens with zero attached hydrogens (tertiary/aromatic N) is 1. The van der Waals surface area contributed by atoms with Gasteiger partial charge in [0.15, 0.2) is 0 Å². The molecule has 0 spiro atoms. The molecule has 0 aromatic heterocycles. The van der Waals surface area contributed by atoms with Gasteiger partial charge in [-0.05, 0) is 43.9 Å². The maximum atomic E-state index is 10.2. The molecule has 2 aliphatic rings. The van der Waals surface area contributed by atoms with Crippen molar-refractivity contribution >= 4 is 0 Å². The van der Waals surface area contributed by atoms with Gasteiger partial charge in [-0.1, -0.05) is 20.8 Å². The van der Waals surface area contributed by atoms with E-state index >= 15 is 0 Å². The molecule has 0 heterocycles. The molecule has 2 nitrogen and oxygen atoms in total. The van der Waals surface area contributed by atoms with Gasteiger partial charge in [-0.2, -0.15) is 0 Å². The van der Waals surface area contributed by atoms with Crippen molar-refractivity contribution in [1.82, 2.24) is 4.90 Å². The Morgan fingerprint density at radius 1 is 1.19 bits per heavy atom. The largest absolute Gasteiger partial charge is 0.391 e. The van der Waals surface area contributed by atoms with Gasteiger partial charge in [-0.3, -0.25) is 4.90 Å². The van der Waals surface area contributed by atoms with Crippen LogP contribution in [0.4, 0.5) is 0 Å². The van der Waals surface area contributed by atoms with Crippen molar-refractivity contribution in [3.8, 4) is 0 Å². The van der Waals surface area contributed by atoms with Crippen LogP contribution in [0, 0.1) is 11.8 Å². The molecule has 0 aromatic carbocycles. The molecule has 2 aliphatic carbocycles. The molecular formula is C14H27NO. The van der Waals surface area contributed by atoms with Crippen LogP contribution in [0.25, 0.3) is 0 Å². The van der Waals surface area contributed by atoms with Crippen LogP contribution in [0.15, 0.2) is 0 Å². The average Bonchev–Trinajstić information content (AvgIpc) is 3.02. The number of hydrogen-bond acceptors (Lipinski definition) is 2. The average molecular weight is 225 g/mol. The Hall–Kier alpha value is -0.0800. The van der Waals surface area contributed by atoms with E-state index in [1.807, 2.05) is 0 Å². The first-order valence-corrected chi connectivity index (χ1v) is 7.01. The van der Waals surface area contributed by atoms with Gasteiger partial charge in [0, 0.05) is 18.6 Å². The molecule has 0 radical (unpaired) electrons. The first kappa shape index (κ1) is 12.4. The Kier molecular flexibility index (Phi) is 3.91. The summed E-state index contributed by atoms with van der Waals surface area (Å²) in [7, 11) is 0. The highest BCUT2D eigenvalue weighted by atomic mass is 16.3. The van der Waals surface area contributed by atoms with Crippen LogP contribution in [0.1, 0.15) is 52.9 Å². The molecule has 3 atom stereocenters. The van der Waals surface area contributed by atoms with E-state index in [0.29, 0.717) is 12.0 Å². The van der Waals surface area contributed by atoms with Crippen LogP contribution in [0.2, 0.25) is 0 Å². The van der Waals surface area contributed by atoms with Gasteiger partial charge in [-0.15, -0.1) is 0 Å². The quantitative estimate of drug-likeness (QED) is 0.795. The summed E-state index contributed by atoms with van der Waals surface area (Å²) < 4.78 is 0. The highest BCUT2D eigenvalue weighted by molar-refractivity contribution is 4.94. The summed E-state index contributed by atoms with van der Waals surface area (Å²) in [5.74, 6) is 1.51. The number of aliphatic hydroxyl groups is 1. The van der Waals surface area contributed by atoms with E-state index in [0.717, 1.165) is 18.4 Å². The second-order valence-electron chi connectivity index (χ2n) is 6.37. The molecular weight excluding hydrogens is 198 g/mol. The second kappa shape index (κ2) is 5.05. The van der Waals surface area contributed by atoms with Crippen molar-refractivity contribution in [2.75, 3.05) is 6.54 Å². The predicted molar refractivity (Wildman–Crippen MR) is 67.4 cm³/mol. The van der Waals surface area contributed by atoms with Crippen LogP contribution in [0.3, 0.4) is 0 Å². The molecule has 3 unspecified atom stereocenters. The van der Waals surface area contributed by atoms with Crippen molar-refractivity contribution in [3.05, 3.63) is 0 Å². The Balaban J connectivity index is 1.99. The monoisotopic (exact) mass is 225 g/mol. The highest BCUT2D eigenvalue weighted by Crippen LogP contribution is 2.35. The molecule has 2 saturated carbocycles. The number of hydrogen-bond donors (Lipinski definition) is 1. The molecule has 2 heteroatoms. The first-order valence-electron chi connectivity index (χ1n) is 7.01. The predicted octanol–water partition coefficient (Wildman–Crippen LogP) is 2.66. The van der Waals surface area contributed by atoms with E-state index in [4.69, 9.17) is 0 Å². The van der Waals surface area contributed by atoms with Gasteiger partial charge in [0.1, 0.15) is 0 Å². The minimum Gasteiger partial charge on any atom is -0.391 e. The third kappa shape index (κ3) is 2.98. The van der Waals surface area contributed by atoms with E-state index in [9.17, 15) is 5.11 Å². The van der Waals surface area contributed by atoms with Crippen LogP contribution >= 0.6 is 0 Å². The Morgan fingerprint density at radius 3 is 2.44 bits per heavy atom. The standard InChI is InChI=1S/C14H27NO/c1-10(2)9-15(12-5-6-12)13-8-11(3)4-7-14(13)16/h10-14,16H,4-9H2,1-3H3. The van der Waals surface area contributed by atoms with E-state index in [1.165, 1.54) is 32.2 Å². The topological polar surface area (TPSA) is 23.5 Å². The van der Waals surface area contributed by atoms with Crippen molar-refractivity contribution in [1.29, 1.82) is 0 Å². The van der Waals surface area contributed by atoms with E-state index in [-0.39, 0.29) is 6.10 Å². The lowest BCUT2D eigenvalue weighted by Crippen LogP contribution is -2.49. The van der Waals surface area contributed by atoms with Crippen molar-refractivity contribution in [2.45, 2.75) is 71.1 Å². The molecule has 2 fully saturated rings. The molecule has 16 heavy (non-hydrogen) atoms. The van der Waals surface area contributed by atoms with Gasteiger partial charge in [-0.25, -0.2) is 0 Å². The Bertz CT molecular complexity index is 223. The summed E-state index contributed by atoms with van der Waals surface area (Å²) in [5.41, 5.74) is 0. The maximum Gasteiger partial charge on any atom is 0.0695 e. The minimum absolute atomic E-state index is 0.0736. The number of rotatable bonds is 4. The fraction of sp³-hybridized carbons (Fsp3) is 1.00. The van der Waals surface area contributed by atoms with E-state index < -0.39 is 0 Å². The Morgan fingerprint density at radius 2 is 1.88 bits per heavy atom. The first-order chi connectivity index (χ1) is 7.58. The molecule has 0 saturated heterocycles. The highest BCUT2D eigenvalue weighted by Gasteiger charge is 2.39. The van der Waals surface area contributed by atoms with Gasteiger partial charge in [0.2, 0.25) is 0 Å². The van der Waals surface area contributed by atoms with Crippen molar-refractivity contribution < 1.29 is 5.11 Å². The SMILES string of the molecule is CC(C)CN(C1CC1)C1CC(C)CCC1O. The lowest BCUT2D eigenvalue weighted by molar-refractivity contribution is -0.00323. The second-order valence-corrected chi connectivity index (χ2v) is 6.37. The van der Waals surface area contributed by atoms with Gasteiger partial charge in [0.05, 0.1) is 6.10 Å². The van der Waals surface area contributed by atoms with Gasteiger partial charge in [0.25, 0.3) is 0 Å². The smallest absolute Gasteiger partial charge is 0.0695 e. The third-order valence-electron chi connectivity index (χ3n) is 4.06. The fourth-order valence-electron chi connectivity index (χ4n) is 3.07. The van der Waals surface area contributed by atoms with Crippen LogP contribution in [-0.2, 0) is 0 Å². The van der Waals surface area contributed by atoms with Gasteiger partial charge < -0.3 is 5.11 Å². The van der Waals surface area contributed by atoms with Crippen LogP contribution < -0.4 is 0 Å². The Labute approximate surface area is 100 Å². The summed E-state index contributed by atoms with van der Waals surface area (Å²) >= 11 is 0. The lowest BCUT2D eigenvalue weighted by Gasteiger charge is -2.41. The lowest BCUT2D eigenvalue weighted by atomic mass is 9.83. The van der Waals surface area contributed by atoms with E-state index in [1.54, 1.807) is 0 Å². The summed E-state index contributed by atoms with van der Waals surface area (Å²) in [6.07, 6.45) is 6.04. The molecule has 0 aromatic rings. The van der Waals surface area contributed by atoms with Crippen molar-refractivity contribution in [3.63, 3.8) is 0 Å². The zero-order valence-electron chi connectivity index (χ0n) is 11.0. The molecule has 0 bridgehead atoms. The third-order valence-corrected chi connectivity index (χ3v) is 4.06. The summed E-state index contributed by atoms with van der Waals surface area (Å²) in [6.45, 7) is 8.07. The zero-order valence-corrected chi connectivity index (χ0v) is 11.0. The van der Waals surface area contributed by atoms with Gasteiger partial charge >= 0.3 is 0 Å². The summed E-state index contributed by atoms with van der Waals surface area (Å²) in [6, 6.07) is 1.23. The maximum absolute atomic E-state index is 10.2. The summed E-state index contributed by atoms with van der Waals surface area (Å²) in [5, 5.41) is 10.2. The van der Waals surface area contributed by atoms with E-state index in [2.05, 4.69) is 25.7 Å². The normalized spacial score (nSPS) is 36.0. The summed E-state index contributed by atoms with van der Waals surface area (Å²) in [4.78, 5) is 2.62. The zero-order chi connectivity index (χ0) is 11.7. The molecule has 0 amide bonds. The van der Waals surface area contributed by atoms with Crippen molar-refractivity contribution in [2.24, 2.45) is 11.8 Å². The molecule has 1 N–H and O–H groups in total. The molecule has 2 rings (SSSR count).